The summed E-state index contributed by atoms with van der Waals surface area (Å²) in [6, 6.07) is 14.2. The Bertz CT molecular complexity index is 1760. The second-order valence-corrected chi connectivity index (χ2v) is 10.2. The average molecular weight is 536 g/mol. The van der Waals surface area contributed by atoms with Crippen molar-refractivity contribution in [3.8, 4) is 0 Å². The molecule has 2 N–H and O–H groups in total. The van der Waals surface area contributed by atoms with Crippen LogP contribution < -0.4 is 16.4 Å². The number of nitrogens with zero attached hydrogens (tertiary/aromatic N) is 5. The number of thioether (sulfide) groups is 1. The summed E-state index contributed by atoms with van der Waals surface area (Å²) in [6.45, 7) is 3.94. The number of benzene rings is 1. The number of hydrogen-bond acceptors (Lipinski definition) is 8. The summed E-state index contributed by atoms with van der Waals surface area (Å²) < 4.78 is 3.54. The lowest BCUT2D eigenvalue weighted by Crippen LogP contribution is -2.32. The van der Waals surface area contributed by atoms with Gasteiger partial charge in [0.25, 0.3) is 11.5 Å². The van der Waals surface area contributed by atoms with Crippen LogP contribution in [0.1, 0.15) is 15.9 Å². The highest BCUT2D eigenvalue weighted by atomic mass is 35.5. The summed E-state index contributed by atoms with van der Waals surface area (Å²) in [5, 5.41) is 20.7. The quantitative estimate of drug-likeness (QED) is 0.138. The second kappa shape index (κ2) is 10.1. The summed E-state index contributed by atoms with van der Waals surface area (Å²) in [7, 11) is 0. The minimum absolute atomic E-state index is 0.0135. The van der Waals surface area contributed by atoms with Crippen LogP contribution in [0.5, 0.6) is 0 Å². The highest BCUT2D eigenvalue weighted by Crippen LogP contribution is 2.30. The molecule has 0 aliphatic heterocycles. The molecule has 1 amide bonds. The Morgan fingerprint density at radius 3 is 2.83 bits per heavy atom. The predicted molar refractivity (Wildman–Crippen MR) is 142 cm³/mol. The van der Waals surface area contributed by atoms with E-state index in [1.54, 1.807) is 30.5 Å². The number of nitrogens with one attached hydrogen (secondary N) is 2. The van der Waals surface area contributed by atoms with Crippen LogP contribution in [0.15, 0.2) is 76.5 Å². The number of allylic oxidation sites excluding steroid dienone is 1. The largest absolute Gasteiger partial charge is 0.306 e. The van der Waals surface area contributed by atoms with Gasteiger partial charge < -0.3 is 4.57 Å². The normalized spacial score (nSPS) is 11.1. The van der Waals surface area contributed by atoms with Crippen LogP contribution in [0.25, 0.3) is 16.7 Å². The van der Waals surface area contributed by atoms with Crippen molar-refractivity contribution >= 4 is 62.4 Å². The maximum absolute atomic E-state index is 13.2. The van der Waals surface area contributed by atoms with Crippen LogP contribution >= 0.6 is 34.7 Å². The number of carbonyl (C=O) groups is 1. The maximum atomic E-state index is 13.2. The third-order valence-corrected chi connectivity index (χ3v) is 7.70. The minimum Gasteiger partial charge on any atom is -0.306 e. The first-order chi connectivity index (χ1) is 17.5. The first kappa shape index (κ1) is 23.9. The Morgan fingerprint density at radius 2 is 2.03 bits per heavy atom. The number of anilines is 1. The standard InChI is InChI=1S/C24H18ClN7O2S2/c1-2-10-32-19(26)15(12-16-20(32)27-18-9-5-6-11-31(18)22(16)34)21(33)28-23-29-30-24(36-23)35-13-14-7-3-4-8-17(14)25/h2-9,11-12,26H,1,10,13H2,(H,28,29,33). The molecule has 0 radical (unpaired) electrons. The molecule has 1 aromatic carbocycles. The Labute approximate surface area is 217 Å². The summed E-state index contributed by atoms with van der Waals surface area (Å²) in [5.74, 6) is 0.0343. The summed E-state index contributed by atoms with van der Waals surface area (Å²) in [6.07, 6.45) is 3.19. The molecule has 0 saturated carbocycles. The van der Waals surface area contributed by atoms with Crippen LogP contribution in [0, 0.1) is 5.41 Å². The Morgan fingerprint density at radius 1 is 1.22 bits per heavy atom. The molecule has 0 aliphatic carbocycles. The van der Waals surface area contributed by atoms with Crippen molar-refractivity contribution in [2.75, 3.05) is 5.32 Å². The lowest BCUT2D eigenvalue weighted by molar-refractivity contribution is 0.102. The first-order valence-electron chi connectivity index (χ1n) is 10.7. The molecule has 5 rings (SSSR count). The molecule has 0 bridgehead atoms. The molecule has 12 heteroatoms. The number of amides is 1. The van der Waals surface area contributed by atoms with E-state index in [1.165, 1.54) is 38.1 Å². The molecular formula is C24H18ClN7O2S2. The van der Waals surface area contributed by atoms with E-state index >= 15 is 0 Å². The van der Waals surface area contributed by atoms with Gasteiger partial charge in [0.15, 0.2) is 4.34 Å². The van der Waals surface area contributed by atoms with Gasteiger partial charge in [-0.15, -0.1) is 16.8 Å². The van der Waals surface area contributed by atoms with E-state index < -0.39 is 5.91 Å². The molecule has 0 aliphatic rings. The third-order valence-electron chi connectivity index (χ3n) is 5.31. The van der Waals surface area contributed by atoms with Gasteiger partial charge >= 0.3 is 0 Å². The summed E-state index contributed by atoms with van der Waals surface area (Å²) >= 11 is 8.88. The topological polar surface area (TPSA) is 118 Å². The summed E-state index contributed by atoms with van der Waals surface area (Å²) in [5.41, 5.74) is 1.31. The van der Waals surface area contributed by atoms with Crippen molar-refractivity contribution in [3.63, 3.8) is 0 Å². The average Bonchev–Trinajstić information content (AvgIpc) is 3.32. The number of carbonyl (C=O) groups excluding carboxylic acids is 1. The molecule has 0 fully saturated rings. The molecule has 0 saturated heterocycles. The first-order valence-corrected chi connectivity index (χ1v) is 12.9. The fourth-order valence-electron chi connectivity index (χ4n) is 3.61. The molecule has 4 aromatic heterocycles. The van der Waals surface area contributed by atoms with E-state index in [0.29, 0.717) is 26.4 Å². The van der Waals surface area contributed by atoms with Crippen molar-refractivity contribution in [1.29, 1.82) is 5.41 Å². The summed E-state index contributed by atoms with van der Waals surface area (Å²) in [4.78, 5) is 30.9. The van der Waals surface area contributed by atoms with Gasteiger partial charge in [-0.3, -0.25) is 24.7 Å². The zero-order chi connectivity index (χ0) is 25.2. The fourth-order valence-corrected chi connectivity index (χ4v) is 5.64. The Kier molecular flexibility index (Phi) is 6.68. The molecule has 5 aromatic rings. The zero-order valence-corrected chi connectivity index (χ0v) is 21.0. The molecule has 180 valence electrons. The number of fused-ring (bicyclic) bond motifs is 2. The van der Waals surface area contributed by atoms with Crippen LogP contribution in [0.4, 0.5) is 5.13 Å². The van der Waals surface area contributed by atoms with E-state index in [9.17, 15) is 9.59 Å². The number of halogens is 1. The van der Waals surface area contributed by atoms with Gasteiger partial charge in [0.2, 0.25) is 5.13 Å². The number of hydrogen-bond donors (Lipinski definition) is 2. The third kappa shape index (κ3) is 4.55. The molecule has 4 heterocycles. The highest BCUT2D eigenvalue weighted by molar-refractivity contribution is 8.00. The van der Waals surface area contributed by atoms with Gasteiger partial charge in [-0.25, -0.2) is 4.98 Å². The molecule has 0 unspecified atom stereocenters. The van der Waals surface area contributed by atoms with Crippen molar-refractivity contribution < 1.29 is 4.79 Å². The Hall–Kier alpha value is -3.80. The van der Waals surface area contributed by atoms with Gasteiger partial charge in [0, 0.05) is 23.5 Å². The minimum atomic E-state index is -0.573. The molecule has 0 spiro atoms. The van der Waals surface area contributed by atoms with E-state index in [1.807, 2.05) is 24.3 Å². The number of rotatable bonds is 7. The van der Waals surface area contributed by atoms with Crippen LogP contribution in [0.3, 0.4) is 0 Å². The van der Waals surface area contributed by atoms with Gasteiger partial charge in [-0.1, -0.05) is 65.0 Å². The highest BCUT2D eigenvalue weighted by Gasteiger charge is 2.18. The lowest BCUT2D eigenvalue weighted by atomic mass is 10.2. The maximum Gasteiger partial charge on any atom is 0.267 e. The predicted octanol–water partition coefficient (Wildman–Crippen LogP) is 4.36. The van der Waals surface area contributed by atoms with Gasteiger partial charge in [0.1, 0.15) is 16.8 Å². The van der Waals surface area contributed by atoms with E-state index in [-0.39, 0.29) is 33.7 Å². The van der Waals surface area contributed by atoms with E-state index in [4.69, 9.17) is 17.0 Å². The second-order valence-electron chi connectivity index (χ2n) is 7.60. The SMILES string of the molecule is C=CCn1c(=N)c(C(=O)Nc2nnc(SCc3ccccc3Cl)s2)cc2c(=O)n3ccccc3nc21. The van der Waals surface area contributed by atoms with Crippen molar-refractivity contribution in [3.05, 3.63) is 99.4 Å². The Balaban J connectivity index is 1.46. The van der Waals surface area contributed by atoms with Crippen molar-refractivity contribution in [1.82, 2.24) is 24.1 Å². The van der Waals surface area contributed by atoms with Crippen molar-refractivity contribution in [2.45, 2.75) is 16.6 Å². The smallest absolute Gasteiger partial charge is 0.267 e. The molecule has 0 atom stereocenters. The van der Waals surface area contributed by atoms with E-state index in [0.717, 1.165) is 5.56 Å². The fraction of sp³-hybridized carbons (Fsp3) is 0.0833. The van der Waals surface area contributed by atoms with Crippen LogP contribution in [-0.2, 0) is 12.3 Å². The number of pyridine rings is 2. The van der Waals surface area contributed by atoms with Crippen LogP contribution in [-0.4, -0.2) is 30.1 Å². The van der Waals surface area contributed by atoms with Gasteiger partial charge in [-0.2, -0.15) is 0 Å². The van der Waals surface area contributed by atoms with E-state index in [2.05, 4.69) is 27.1 Å². The van der Waals surface area contributed by atoms with Crippen molar-refractivity contribution in [2.24, 2.45) is 0 Å². The van der Waals surface area contributed by atoms with Crippen LogP contribution in [0.2, 0.25) is 5.02 Å². The van der Waals surface area contributed by atoms with Gasteiger partial charge in [-0.05, 0) is 29.8 Å². The molecular weight excluding hydrogens is 518 g/mol. The lowest BCUT2D eigenvalue weighted by Gasteiger charge is -2.12. The molecule has 36 heavy (non-hydrogen) atoms. The monoisotopic (exact) mass is 535 g/mol. The molecule has 9 nitrogen and oxygen atoms in total. The van der Waals surface area contributed by atoms with Gasteiger partial charge in [0.05, 0.1) is 10.9 Å². The number of aromatic nitrogens is 5. The zero-order valence-electron chi connectivity index (χ0n) is 18.6.